The molecule has 2 aromatic carbocycles. The third kappa shape index (κ3) is 3.01. The van der Waals surface area contributed by atoms with Crippen molar-refractivity contribution < 1.29 is 4.79 Å². The van der Waals surface area contributed by atoms with Crippen LogP contribution in [0.1, 0.15) is 29.3 Å². The van der Waals surface area contributed by atoms with Gasteiger partial charge in [0.15, 0.2) is 5.82 Å². The fourth-order valence-corrected chi connectivity index (χ4v) is 3.60. The van der Waals surface area contributed by atoms with Gasteiger partial charge in [-0.2, -0.15) is 0 Å². The normalized spacial score (nSPS) is 17.1. The van der Waals surface area contributed by atoms with E-state index in [9.17, 15) is 4.79 Å². The molecular weight excluding hydrogens is 324 g/mol. The number of carbonyl (C=O) groups excluding carboxylic acids is 1. The molecule has 132 valence electrons. The molecule has 1 saturated heterocycles. The van der Waals surface area contributed by atoms with Gasteiger partial charge in [-0.3, -0.25) is 4.79 Å². The number of likely N-dealkylation sites (N-methyl/N-ethyl adjacent to an activating group) is 1. The highest BCUT2D eigenvalue weighted by Crippen LogP contribution is 2.30. The molecule has 1 aromatic heterocycles. The highest BCUT2D eigenvalue weighted by Gasteiger charge is 2.32. The van der Waals surface area contributed by atoms with E-state index in [4.69, 9.17) is 10.1 Å². The zero-order valence-electron chi connectivity index (χ0n) is 15.3. The van der Waals surface area contributed by atoms with Gasteiger partial charge in [0.1, 0.15) is 5.82 Å². The van der Waals surface area contributed by atoms with Gasteiger partial charge in [0, 0.05) is 31.5 Å². The Labute approximate surface area is 153 Å². The first kappa shape index (κ1) is 16.5. The van der Waals surface area contributed by atoms with Crippen molar-refractivity contribution in [2.24, 2.45) is 0 Å². The molecule has 0 radical (unpaired) electrons. The van der Waals surface area contributed by atoms with Crippen molar-refractivity contribution in [3.63, 3.8) is 0 Å². The van der Waals surface area contributed by atoms with Crippen LogP contribution in [-0.2, 0) is 4.79 Å². The van der Waals surface area contributed by atoms with Gasteiger partial charge in [0.05, 0.1) is 5.69 Å². The van der Waals surface area contributed by atoms with Crippen molar-refractivity contribution in [2.75, 3.05) is 13.6 Å². The van der Waals surface area contributed by atoms with Gasteiger partial charge in [0.2, 0.25) is 5.91 Å². The summed E-state index contributed by atoms with van der Waals surface area (Å²) in [5, 5.41) is 4.80. The minimum absolute atomic E-state index is 0.0540. The van der Waals surface area contributed by atoms with Crippen LogP contribution in [0.25, 0.3) is 17.1 Å². The Kier molecular flexibility index (Phi) is 4.07. The number of likely N-dealkylation sites (tertiary alicyclic amines) is 1. The Morgan fingerprint density at radius 2 is 1.73 bits per heavy atom. The average molecular weight is 346 g/mol. The molecule has 1 aliphatic rings. The molecule has 1 fully saturated rings. The fourth-order valence-electron chi connectivity index (χ4n) is 3.60. The molecule has 0 saturated carbocycles. The lowest BCUT2D eigenvalue weighted by molar-refractivity contribution is -0.126. The van der Waals surface area contributed by atoms with Crippen LogP contribution in [0.4, 0.5) is 0 Å². The maximum atomic E-state index is 12.1. The number of hydrogen-bond acceptors (Lipinski definition) is 3. The summed E-state index contributed by atoms with van der Waals surface area (Å²) in [6.07, 6.45) is 0.480. The molecule has 5 heteroatoms. The number of aryl methyl sites for hydroxylation is 2. The molecule has 0 bridgehead atoms. The van der Waals surface area contributed by atoms with E-state index in [1.165, 1.54) is 11.1 Å². The van der Waals surface area contributed by atoms with Gasteiger partial charge in [0.25, 0.3) is 0 Å². The molecule has 1 aliphatic heterocycles. The summed E-state index contributed by atoms with van der Waals surface area (Å²) in [4.78, 5) is 18.7. The number of carbonyl (C=O) groups is 1. The number of nitrogens with zero attached hydrogens (tertiary/aromatic N) is 4. The van der Waals surface area contributed by atoms with Crippen LogP contribution in [0, 0.1) is 13.8 Å². The van der Waals surface area contributed by atoms with E-state index in [2.05, 4.69) is 32.0 Å². The third-order valence-corrected chi connectivity index (χ3v) is 4.82. The van der Waals surface area contributed by atoms with Gasteiger partial charge < -0.3 is 4.90 Å². The lowest BCUT2D eigenvalue weighted by Crippen LogP contribution is -2.19. The van der Waals surface area contributed by atoms with Crippen molar-refractivity contribution in [3.8, 4) is 17.1 Å². The number of benzene rings is 2. The first-order valence-electron chi connectivity index (χ1n) is 8.86. The maximum Gasteiger partial charge on any atom is 0.223 e. The van der Waals surface area contributed by atoms with Crippen molar-refractivity contribution >= 4 is 5.91 Å². The summed E-state index contributed by atoms with van der Waals surface area (Å²) in [6, 6.07) is 16.3. The van der Waals surface area contributed by atoms with Crippen molar-refractivity contribution in [1.82, 2.24) is 19.7 Å². The molecule has 5 nitrogen and oxygen atoms in total. The summed E-state index contributed by atoms with van der Waals surface area (Å²) in [7, 11) is 1.85. The van der Waals surface area contributed by atoms with Crippen molar-refractivity contribution in [1.29, 1.82) is 0 Å². The number of hydrogen-bond donors (Lipinski definition) is 0. The highest BCUT2D eigenvalue weighted by atomic mass is 16.2. The van der Waals surface area contributed by atoms with Gasteiger partial charge in [-0.15, -0.1) is 5.10 Å². The molecule has 2 heterocycles. The first-order chi connectivity index (χ1) is 12.5. The topological polar surface area (TPSA) is 51.0 Å². The Balaban J connectivity index is 1.85. The zero-order chi connectivity index (χ0) is 18.3. The summed E-state index contributed by atoms with van der Waals surface area (Å²) < 4.78 is 1.92. The maximum absolute atomic E-state index is 12.1. The predicted molar refractivity (Wildman–Crippen MR) is 101 cm³/mol. The Morgan fingerprint density at radius 3 is 2.35 bits per heavy atom. The molecule has 0 unspecified atom stereocenters. The summed E-state index contributed by atoms with van der Waals surface area (Å²) in [5.74, 6) is 1.76. The van der Waals surface area contributed by atoms with Gasteiger partial charge in [-0.05, 0) is 37.1 Å². The van der Waals surface area contributed by atoms with Gasteiger partial charge in [-0.25, -0.2) is 9.67 Å². The quantitative estimate of drug-likeness (QED) is 0.729. The van der Waals surface area contributed by atoms with E-state index in [1.807, 2.05) is 42.1 Å². The van der Waals surface area contributed by atoms with Crippen LogP contribution < -0.4 is 0 Å². The van der Waals surface area contributed by atoms with E-state index in [1.54, 1.807) is 4.90 Å². The molecule has 1 atom stereocenters. The average Bonchev–Trinajstić information content (AvgIpc) is 3.19. The second-order valence-electron chi connectivity index (χ2n) is 7.09. The van der Waals surface area contributed by atoms with Gasteiger partial charge in [-0.1, -0.05) is 36.4 Å². The minimum Gasteiger partial charge on any atom is -0.345 e. The zero-order valence-corrected chi connectivity index (χ0v) is 15.3. The van der Waals surface area contributed by atoms with Crippen LogP contribution in [-0.4, -0.2) is 39.2 Å². The lowest BCUT2D eigenvalue weighted by Gasteiger charge is -2.12. The third-order valence-electron chi connectivity index (χ3n) is 4.82. The van der Waals surface area contributed by atoms with Crippen LogP contribution in [0.5, 0.6) is 0 Å². The second-order valence-corrected chi connectivity index (χ2v) is 7.09. The summed E-state index contributed by atoms with van der Waals surface area (Å²) in [6.45, 7) is 4.84. The fraction of sp³-hybridized carbons (Fsp3) is 0.286. The molecule has 26 heavy (non-hydrogen) atoms. The molecule has 1 amide bonds. The Morgan fingerprint density at radius 1 is 1.04 bits per heavy atom. The number of amides is 1. The standard InChI is InChI=1S/C21H22N4O/c1-14-9-15(2)11-18(10-14)25-21(17-12-19(26)24(3)13-17)22-20(23-25)16-7-5-4-6-8-16/h4-11,17H,12-13H2,1-3H3/t17-/m1/s1. The van der Waals surface area contributed by atoms with E-state index in [0.29, 0.717) is 18.8 Å². The predicted octanol–water partition coefficient (Wildman–Crippen LogP) is 3.50. The number of aromatic nitrogens is 3. The van der Waals surface area contributed by atoms with Crippen LogP contribution in [0.15, 0.2) is 48.5 Å². The lowest BCUT2D eigenvalue weighted by atomic mass is 10.1. The molecule has 3 aromatic rings. The number of rotatable bonds is 3. The van der Waals surface area contributed by atoms with Crippen molar-refractivity contribution in [3.05, 3.63) is 65.5 Å². The van der Waals surface area contributed by atoms with E-state index in [0.717, 1.165) is 17.1 Å². The Bertz CT molecular complexity index is 941. The smallest absolute Gasteiger partial charge is 0.223 e. The summed E-state index contributed by atoms with van der Waals surface area (Å²) >= 11 is 0. The monoisotopic (exact) mass is 346 g/mol. The molecule has 0 spiro atoms. The first-order valence-corrected chi connectivity index (χ1v) is 8.86. The largest absolute Gasteiger partial charge is 0.345 e. The minimum atomic E-state index is 0.0540. The molecule has 4 rings (SSSR count). The van der Waals surface area contributed by atoms with Crippen LogP contribution in [0.3, 0.4) is 0 Å². The van der Waals surface area contributed by atoms with Gasteiger partial charge >= 0.3 is 0 Å². The highest BCUT2D eigenvalue weighted by molar-refractivity contribution is 5.79. The van der Waals surface area contributed by atoms with Crippen LogP contribution in [0.2, 0.25) is 0 Å². The molecule has 0 N–H and O–H groups in total. The second kappa shape index (κ2) is 6.41. The van der Waals surface area contributed by atoms with E-state index < -0.39 is 0 Å². The summed E-state index contributed by atoms with van der Waals surface area (Å²) in [5.41, 5.74) is 4.34. The van der Waals surface area contributed by atoms with E-state index in [-0.39, 0.29) is 11.8 Å². The van der Waals surface area contributed by atoms with Crippen LogP contribution >= 0.6 is 0 Å². The SMILES string of the molecule is Cc1cc(C)cc(-n2nc(-c3ccccc3)nc2[C@@H]2CC(=O)N(C)C2)c1. The molecular formula is C21H22N4O. The van der Waals surface area contributed by atoms with E-state index >= 15 is 0 Å². The molecule has 0 aliphatic carbocycles. The van der Waals surface area contributed by atoms with Crippen molar-refractivity contribution in [2.45, 2.75) is 26.2 Å². The Hall–Kier alpha value is -2.95.